The van der Waals surface area contributed by atoms with E-state index in [1.165, 1.54) is 22.3 Å². The van der Waals surface area contributed by atoms with Gasteiger partial charge >= 0.3 is 12.1 Å². The number of hydrogen-bond acceptors (Lipinski definition) is 11. The first kappa shape index (κ1) is 43.3. The van der Waals surface area contributed by atoms with Gasteiger partial charge in [-0.3, -0.25) is 4.79 Å². The van der Waals surface area contributed by atoms with Gasteiger partial charge < -0.3 is 47.9 Å². The molecular weight excluding hydrogens is 670 g/mol. The quantitative estimate of drug-likeness (QED) is 0.0725. The van der Waals surface area contributed by atoms with Crippen molar-refractivity contribution in [2.75, 3.05) is 112 Å². The third-order valence-electron chi connectivity index (χ3n) is 8.51. The number of alkyl carbamates (subject to hydrolysis) is 1. The molecule has 0 radical (unpaired) electrons. The molecule has 0 fully saturated rings. The van der Waals surface area contributed by atoms with Crippen molar-refractivity contribution in [1.29, 1.82) is 0 Å². The van der Waals surface area contributed by atoms with Crippen molar-refractivity contribution in [2.24, 2.45) is 5.92 Å². The predicted octanol–water partition coefficient (Wildman–Crippen LogP) is 5.79. The summed E-state index contributed by atoms with van der Waals surface area (Å²) in [5, 5.41) is 2.80. The Kier molecular flexibility index (Phi) is 23.7. The topological polar surface area (TPSA) is 129 Å². The Morgan fingerprint density at radius 3 is 1.48 bits per heavy atom. The molecule has 2 aromatic carbocycles. The second-order valence-corrected chi connectivity index (χ2v) is 12.3. The van der Waals surface area contributed by atoms with E-state index in [9.17, 15) is 9.59 Å². The van der Waals surface area contributed by atoms with Crippen LogP contribution >= 0.6 is 0 Å². The fraction of sp³-hybridized carbons (Fsp3) is 0.650. The summed E-state index contributed by atoms with van der Waals surface area (Å²) in [5.41, 5.74) is 4.80. The number of rotatable bonds is 32. The molecule has 12 heteroatoms. The third kappa shape index (κ3) is 17.6. The highest BCUT2D eigenvalue weighted by molar-refractivity contribution is 5.79. The molecule has 1 aliphatic rings. The molecule has 1 unspecified atom stereocenters. The number of benzene rings is 2. The van der Waals surface area contributed by atoms with E-state index < -0.39 is 6.09 Å². The van der Waals surface area contributed by atoms with E-state index in [1.807, 2.05) is 31.2 Å². The van der Waals surface area contributed by atoms with Gasteiger partial charge in [0.25, 0.3) is 0 Å². The van der Waals surface area contributed by atoms with Crippen molar-refractivity contribution in [2.45, 2.75) is 51.9 Å². The van der Waals surface area contributed by atoms with Crippen LogP contribution in [0.15, 0.2) is 48.5 Å². The highest BCUT2D eigenvalue weighted by Crippen LogP contribution is 2.44. The van der Waals surface area contributed by atoms with Crippen LogP contribution in [0.25, 0.3) is 11.1 Å². The zero-order chi connectivity index (χ0) is 36.9. The lowest BCUT2D eigenvalue weighted by molar-refractivity contribution is -0.150. The Labute approximate surface area is 310 Å². The van der Waals surface area contributed by atoms with E-state index in [2.05, 4.69) is 36.5 Å². The maximum atomic E-state index is 12.3. The van der Waals surface area contributed by atoms with Crippen molar-refractivity contribution in [3.63, 3.8) is 0 Å². The normalized spacial score (nSPS) is 12.7. The summed E-state index contributed by atoms with van der Waals surface area (Å²) < 4.78 is 49.4. The minimum atomic E-state index is -0.416. The van der Waals surface area contributed by atoms with Crippen LogP contribution in [-0.2, 0) is 47.4 Å². The van der Waals surface area contributed by atoms with Crippen LogP contribution in [0, 0.1) is 5.92 Å². The number of carbonyl (C=O) groups is 2. The predicted molar refractivity (Wildman–Crippen MR) is 198 cm³/mol. The molecule has 1 atom stereocenters. The molecule has 3 rings (SSSR count). The third-order valence-corrected chi connectivity index (χ3v) is 8.51. The Hall–Kier alpha value is -3.10. The number of fused-ring (bicyclic) bond motifs is 3. The Balaban J connectivity index is 0.986. The van der Waals surface area contributed by atoms with Gasteiger partial charge in [0.1, 0.15) is 13.2 Å². The Morgan fingerprint density at radius 1 is 0.577 bits per heavy atom. The lowest BCUT2D eigenvalue weighted by Crippen LogP contribution is -2.27. The molecule has 0 saturated carbocycles. The summed E-state index contributed by atoms with van der Waals surface area (Å²) in [6.45, 7) is 11.8. The molecule has 52 heavy (non-hydrogen) atoms. The first-order valence-electron chi connectivity index (χ1n) is 18.9. The van der Waals surface area contributed by atoms with Gasteiger partial charge in [-0.25, -0.2) is 4.79 Å². The Bertz CT molecular complexity index is 1180. The molecule has 2 aromatic rings. The van der Waals surface area contributed by atoms with Gasteiger partial charge in [0.05, 0.1) is 91.8 Å². The molecule has 0 aliphatic heterocycles. The number of esters is 1. The van der Waals surface area contributed by atoms with Crippen molar-refractivity contribution in [1.82, 2.24) is 5.32 Å². The van der Waals surface area contributed by atoms with E-state index in [1.54, 1.807) is 0 Å². The molecule has 1 aliphatic carbocycles. The van der Waals surface area contributed by atoms with Gasteiger partial charge in [0, 0.05) is 19.1 Å². The van der Waals surface area contributed by atoms with Crippen LogP contribution in [0.3, 0.4) is 0 Å². The summed E-state index contributed by atoms with van der Waals surface area (Å²) in [5.74, 6) is -0.0824. The lowest BCUT2D eigenvalue weighted by Gasteiger charge is -2.14. The number of carbonyl (C=O) groups excluding carboxylic acids is 2. The largest absolute Gasteiger partial charge is 0.463 e. The molecule has 0 bridgehead atoms. The van der Waals surface area contributed by atoms with Gasteiger partial charge in [-0.2, -0.15) is 0 Å². The summed E-state index contributed by atoms with van der Waals surface area (Å²) >= 11 is 0. The van der Waals surface area contributed by atoms with E-state index >= 15 is 0 Å². The number of amides is 1. The molecule has 1 amide bonds. The second-order valence-electron chi connectivity index (χ2n) is 12.3. The summed E-state index contributed by atoms with van der Waals surface area (Å²) in [7, 11) is 0. The molecule has 1 N–H and O–H groups in total. The number of ether oxygens (including phenoxy) is 9. The lowest BCUT2D eigenvalue weighted by atomic mass is 9.98. The zero-order valence-corrected chi connectivity index (χ0v) is 31.3. The van der Waals surface area contributed by atoms with E-state index in [4.69, 9.17) is 42.6 Å². The van der Waals surface area contributed by atoms with Gasteiger partial charge in [-0.05, 0) is 41.5 Å². The van der Waals surface area contributed by atoms with Gasteiger partial charge in [-0.1, -0.05) is 75.2 Å². The van der Waals surface area contributed by atoms with E-state index in [0.717, 1.165) is 25.7 Å². The monoisotopic (exact) mass is 731 g/mol. The first-order valence-corrected chi connectivity index (χ1v) is 18.9. The highest BCUT2D eigenvalue weighted by atomic mass is 16.6. The van der Waals surface area contributed by atoms with E-state index in [-0.39, 0.29) is 24.4 Å². The zero-order valence-electron chi connectivity index (χ0n) is 31.3. The van der Waals surface area contributed by atoms with Crippen molar-refractivity contribution >= 4 is 12.1 Å². The molecule has 0 heterocycles. The molecular formula is C40H61NO11. The van der Waals surface area contributed by atoms with Crippen LogP contribution < -0.4 is 5.32 Å². The average Bonchev–Trinajstić information content (AvgIpc) is 3.49. The van der Waals surface area contributed by atoms with Crippen molar-refractivity contribution in [3.05, 3.63) is 59.7 Å². The smallest absolute Gasteiger partial charge is 0.407 e. The molecule has 292 valence electrons. The maximum Gasteiger partial charge on any atom is 0.407 e. The van der Waals surface area contributed by atoms with Crippen LogP contribution in [0.4, 0.5) is 4.79 Å². The molecule has 0 aromatic heterocycles. The highest BCUT2D eigenvalue weighted by Gasteiger charge is 2.29. The maximum absolute atomic E-state index is 12.3. The van der Waals surface area contributed by atoms with Crippen LogP contribution in [0.1, 0.15) is 63.0 Å². The van der Waals surface area contributed by atoms with Crippen molar-refractivity contribution in [3.8, 4) is 11.1 Å². The van der Waals surface area contributed by atoms with Crippen LogP contribution in [0.2, 0.25) is 0 Å². The fourth-order valence-corrected chi connectivity index (χ4v) is 5.69. The summed E-state index contributed by atoms with van der Waals surface area (Å²) in [6.07, 6.45) is 4.09. The van der Waals surface area contributed by atoms with Gasteiger partial charge in [-0.15, -0.1) is 0 Å². The first-order chi connectivity index (χ1) is 25.7. The van der Waals surface area contributed by atoms with Crippen LogP contribution in [0.5, 0.6) is 0 Å². The number of hydrogen-bond donors (Lipinski definition) is 1. The molecule has 0 spiro atoms. The number of nitrogens with one attached hydrogen (secondary N) is 1. The SMILES string of the molecule is CCCCC(CC)C(=O)OCCOCCOCCOCCOCCOCCOCCOCCCNC(=O)OCC1c2ccccc2-c2ccccc21. The fourth-order valence-electron chi connectivity index (χ4n) is 5.69. The van der Waals surface area contributed by atoms with Crippen LogP contribution in [-0.4, -0.2) is 124 Å². The number of unbranched alkanes of at least 4 members (excludes halogenated alkanes) is 1. The van der Waals surface area contributed by atoms with Gasteiger partial charge in [0.2, 0.25) is 0 Å². The summed E-state index contributed by atoms with van der Waals surface area (Å²) in [4.78, 5) is 24.3. The van der Waals surface area contributed by atoms with E-state index in [0.29, 0.717) is 112 Å². The minimum absolute atomic E-state index is 0.00814. The second kappa shape index (κ2) is 28.4. The molecule has 0 saturated heterocycles. The van der Waals surface area contributed by atoms with Crippen molar-refractivity contribution < 1.29 is 52.2 Å². The summed E-state index contributed by atoms with van der Waals surface area (Å²) in [6, 6.07) is 16.6. The standard InChI is InChI=1S/C40H61NO11/c1-3-5-11-33(4-2)39(42)51-31-30-50-29-28-49-27-26-48-25-24-47-23-22-46-21-20-45-19-18-44-17-10-16-41-40(43)52-32-38-36-14-8-6-12-34(36)35-13-7-9-15-37(35)38/h6-9,12-15,33,38H,3-5,10-11,16-32H2,1-2H3,(H,41,43). The molecule has 12 nitrogen and oxygen atoms in total. The minimum Gasteiger partial charge on any atom is -0.463 e. The Morgan fingerprint density at radius 2 is 1.02 bits per heavy atom. The van der Waals surface area contributed by atoms with Gasteiger partial charge in [0.15, 0.2) is 0 Å². The average molecular weight is 732 g/mol.